The van der Waals surface area contributed by atoms with Crippen LogP contribution in [0.25, 0.3) is 0 Å². The monoisotopic (exact) mass is 285 g/mol. The van der Waals surface area contributed by atoms with Gasteiger partial charge in [-0.15, -0.1) is 11.3 Å². The second-order valence-corrected chi connectivity index (χ2v) is 6.11. The summed E-state index contributed by atoms with van der Waals surface area (Å²) in [6, 6.07) is 3.49. The summed E-state index contributed by atoms with van der Waals surface area (Å²) < 4.78 is 10.8. The van der Waals surface area contributed by atoms with Gasteiger partial charge >= 0.3 is 0 Å². The first-order chi connectivity index (χ1) is 8.63. The Kier molecular flexibility index (Phi) is 6.65. The SMILES string of the molecule is CS(=O)CCNC(=O)c1ccc(C#CCCO)s1. The molecule has 0 saturated carbocycles. The molecule has 1 aromatic rings. The minimum absolute atomic E-state index is 0.0415. The predicted octanol–water partition coefficient (Wildman–Crippen LogP) is 0.590. The fourth-order valence-corrected chi connectivity index (χ4v) is 2.31. The van der Waals surface area contributed by atoms with Crippen molar-refractivity contribution in [3.63, 3.8) is 0 Å². The van der Waals surface area contributed by atoms with Crippen LogP contribution in [0.5, 0.6) is 0 Å². The van der Waals surface area contributed by atoms with E-state index in [1.165, 1.54) is 11.3 Å². The van der Waals surface area contributed by atoms with E-state index in [9.17, 15) is 9.00 Å². The van der Waals surface area contributed by atoms with Gasteiger partial charge in [0.2, 0.25) is 0 Å². The quantitative estimate of drug-likeness (QED) is 0.778. The third kappa shape index (κ3) is 5.45. The fraction of sp³-hybridized carbons (Fsp3) is 0.417. The van der Waals surface area contributed by atoms with E-state index >= 15 is 0 Å². The molecular weight excluding hydrogens is 270 g/mol. The van der Waals surface area contributed by atoms with Gasteiger partial charge < -0.3 is 10.4 Å². The lowest BCUT2D eigenvalue weighted by Gasteiger charge is -2.00. The fourth-order valence-electron chi connectivity index (χ4n) is 1.13. The van der Waals surface area contributed by atoms with Crippen LogP contribution in [0.15, 0.2) is 12.1 Å². The molecule has 0 aromatic carbocycles. The van der Waals surface area contributed by atoms with Crippen LogP contribution >= 0.6 is 11.3 Å². The molecule has 1 rings (SSSR count). The Morgan fingerprint density at radius 1 is 1.56 bits per heavy atom. The highest BCUT2D eigenvalue weighted by molar-refractivity contribution is 7.84. The van der Waals surface area contributed by atoms with Gasteiger partial charge in [-0.2, -0.15) is 0 Å². The first-order valence-corrected chi connectivity index (χ1v) is 7.95. The summed E-state index contributed by atoms with van der Waals surface area (Å²) in [6.45, 7) is 0.450. The number of aliphatic hydroxyl groups is 1. The minimum Gasteiger partial charge on any atom is -0.395 e. The van der Waals surface area contributed by atoms with Crippen molar-refractivity contribution in [2.24, 2.45) is 0 Å². The molecule has 6 heteroatoms. The number of thiophene rings is 1. The molecule has 0 fully saturated rings. The highest BCUT2D eigenvalue weighted by Gasteiger charge is 2.07. The number of hydrogen-bond donors (Lipinski definition) is 2. The number of aliphatic hydroxyl groups excluding tert-OH is 1. The van der Waals surface area contributed by atoms with Crippen molar-refractivity contribution in [3.8, 4) is 11.8 Å². The van der Waals surface area contributed by atoms with E-state index in [0.29, 0.717) is 23.6 Å². The largest absolute Gasteiger partial charge is 0.395 e. The molecule has 1 unspecified atom stereocenters. The molecule has 18 heavy (non-hydrogen) atoms. The lowest BCUT2D eigenvalue weighted by molar-refractivity contribution is 0.0960. The first kappa shape index (κ1) is 14.9. The molecule has 0 spiro atoms. The lowest BCUT2D eigenvalue weighted by atomic mass is 10.4. The maximum absolute atomic E-state index is 11.7. The van der Waals surface area contributed by atoms with Gasteiger partial charge in [0.15, 0.2) is 0 Å². The maximum atomic E-state index is 11.7. The smallest absolute Gasteiger partial charge is 0.261 e. The van der Waals surface area contributed by atoms with Crippen LogP contribution < -0.4 is 5.32 Å². The van der Waals surface area contributed by atoms with Gasteiger partial charge in [-0.25, -0.2) is 0 Å². The van der Waals surface area contributed by atoms with Gasteiger partial charge in [-0.05, 0) is 12.1 Å². The van der Waals surface area contributed by atoms with Crippen LogP contribution in [0, 0.1) is 11.8 Å². The van der Waals surface area contributed by atoms with Crippen molar-refractivity contribution < 1.29 is 14.1 Å². The number of amides is 1. The Morgan fingerprint density at radius 2 is 2.33 bits per heavy atom. The average molecular weight is 285 g/mol. The molecule has 1 atom stereocenters. The van der Waals surface area contributed by atoms with E-state index in [0.717, 1.165) is 4.88 Å². The molecule has 0 aliphatic rings. The molecule has 0 saturated heterocycles. The van der Waals surface area contributed by atoms with Crippen LogP contribution in [-0.2, 0) is 10.8 Å². The average Bonchev–Trinajstić information content (AvgIpc) is 2.77. The third-order valence-electron chi connectivity index (χ3n) is 1.95. The summed E-state index contributed by atoms with van der Waals surface area (Å²) in [5.74, 6) is 5.97. The molecule has 0 aliphatic carbocycles. The van der Waals surface area contributed by atoms with Crippen LogP contribution in [0.1, 0.15) is 21.0 Å². The van der Waals surface area contributed by atoms with Crippen molar-refractivity contribution in [1.29, 1.82) is 0 Å². The van der Waals surface area contributed by atoms with E-state index in [-0.39, 0.29) is 12.5 Å². The number of rotatable bonds is 5. The topological polar surface area (TPSA) is 66.4 Å². The van der Waals surface area contributed by atoms with E-state index < -0.39 is 10.8 Å². The zero-order valence-corrected chi connectivity index (χ0v) is 11.7. The van der Waals surface area contributed by atoms with Gasteiger partial charge in [0.25, 0.3) is 5.91 Å². The zero-order valence-electron chi connectivity index (χ0n) is 10.1. The standard InChI is InChI=1S/C12H15NO3S2/c1-18(16)9-7-13-12(15)11-6-5-10(17-11)4-2-3-8-14/h5-6,14H,3,7-9H2,1H3,(H,13,15). The number of carbonyl (C=O) groups excluding carboxylic acids is 1. The third-order valence-corrected chi connectivity index (χ3v) is 3.73. The maximum Gasteiger partial charge on any atom is 0.261 e. The summed E-state index contributed by atoms with van der Waals surface area (Å²) in [5, 5.41) is 11.3. The Balaban J connectivity index is 2.50. The summed E-state index contributed by atoms with van der Waals surface area (Å²) >= 11 is 1.31. The molecule has 2 N–H and O–H groups in total. The Hall–Kier alpha value is -1.16. The second kappa shape index (κ2) is 8.03. The van der Waals surface area contributed by atoms with E-state index in [1.807, 2.05) is 0 Å². The van der Waals surface area contributed by atoms with Gasteiger partial charge in [0, 0.05) is 35.8 Å². The Bertz CT molecular complexity index is 485. The highest BCUT2D eigenvalue weighted by Crippen LogP contribution is 2.15. The van der Waals surface area contributed by atoms with Gasteiger partial charge in [0.05, 0.1) is 16.4 Å². The zero-order chi connectivity index (χ0) is 13.4. The van der Waals surface area contributed by atoms with E-state index in [2.05, 4.69) is 17.2 Å². The van der Waals surface area contributed by atoms with Gasteiger partial charge in [-0.3, -0.25) is 9.00 Å². The second-order valence-electron chi connectivity index (χ2n) is 3.47. The van der Waals surface area contributed by atoms with Crippen molar-refractivity contribution in [2.75, 3.05) is 25.2 Å². The van der Waals surface area contributed by atoms with Crippen LogP contribution in [0.2, 0.25) is 0 Å². The Labute approximate surface area is 113 Å². The van der Waals surface area contributed by atoms with Crippen molar-refractivity contribution in [1.82, 2.24) is 5.32 Å². The summed E-state index contributed by atoms with van der Waals surface area (Å²) in [4.78, 5) is 13.1. The summed E-state index contributed by atoms with van der Waals surface area (Å²) in [5.41, 5.74) is 0. The van der Waals surface area contributed by atoms with Crippen LogP contribution in [-0.4, -0.2) is 40.4 Å². The molecule has 98 valence electrons. The molecule has 1 amide bonds. The molecular formula is C12H15NO3S2. The molecule has 0 aliphatic heterocycles. The highest BCUT2D eigenvalue weighted by atomic mass is 32.2. The minimum atomic E-state index is -0.896. The molecule has 1 aromatic heterocycles. The first-order valence-electron chi connectivity index (χ1n) is 5.41. The number of hydrogen-bond acceptors (Lipinski definition) is 4. The number of nitrogens with one attached hydrogen (secondary N) is 1. The molecule has 4 nitrogen and oxygen atoms in total. The lowest BCUT2D eigenvalue weighted by Crippen LogP contribution is -2.26. The van der Waals surface area contributed by atoms with Crippen LogP contribution in [0.4, 0.5) is 0 Å². The molecule has 0 radical (unpaired) electrons. The Morgan fingerprint density at radius 3 is 3.00 bits per heavy atom. The molecule has 1 heterocycles. The molecule has 0 bridgehead atoms. The number of carbonyl (C=O) groups is 1. The van der Waals surface area contributed by atoms with Gasteiger partial charge in [-0.1, -0.05) is 11.8 Å². The van der Waals surface area contributed by atoms with Crippen molar-refractivity contribution in [3.05, 3.63) is 21.9 Å². The van der Waals surface area contributed by atoms with Crippen LogP contribution in [0.3, 0.4) is 0 Å². The van der Waals surface area contributed by atoms with Crippen molar-refractivity contribution in [2.45, 2.75) is 6.42 Å². The van der Waals surface area contributed by atoms with E-state index in [1.54, 1.807) is 18.4 Å². The van der Waals surface area contributed by atoms with Gasteiger partial charge in [0.1, 0.15) is 0 Å². The summed E-state index contributed by atoms with van der Waals surface area (Å²) in [6.07, 6.45) is 2.04. The van der Waals surface area contributed by atoms with Crippen molar-refractivity contribution >= 4 is 28.0 Å². The normalized spacial score (nSPS) is 11.4. The summed E-state index contributed by atoms with van der Waals surface area (Å²) in [7, 11) is -0.896. The predicted molar refractivity (Wildman–Crippen MR) is 74.2 cm³/mol. The van der Waals surface area contributed by atoms with E-state index in [4.69, 9.17) is 5.11 Å².